The summed E-state index contributed by atoms with van der Waals surface area (Å²) in [7, 11) is 2.81. The number of hydrogen-bond donors (Lipinski definition) is 0. The summed E-state index contributed by atoms with van der Waals surface area (Å²) in [5.41, 5.74) is 0. The van der Waals surface area contributed by atoms with E-state index in [9.17, 15) is 9.59 Å². The predicted octanol–water partition coefficient (Wildman–Crippen LogP) is 1.08. The van der Waals surface area contributed by atoms with E-state index in [1.54, 1.807) is 0 Å². The molecular formula is C13H14O4. The third kappa shape index (κ3) is 1.18. The summed E-state index contributed by atoms with van der Waals surface area (Å²) in [6.45, 7) is 0. The highest BCUT2D eigenvalue weighted by Gasteiger charge is 2.56. The van der Waals surface area contributed by atoms with E-state index in [2.05, 4.69) is 12.2 Å². The lowest BCUT2D eigenvalue weighted by Crippen LogP contribution is -2.40. The number of Topliss-reactive ketones (excluding diaryl/α,β-unsaturated/α-hetero) is 2. The molecule has 0 N–H and O–H groups in total. The van der Waals surface area contributed by atoms with Crippen LogP contribution in [0, 0.1) is 23.7 Å². The van der Waals surface area contributed by atoms with Gasteiger partial charge in [-0.05, 0) is 18.3 Å². The Hall–Kier alpha value is -1.58. The molecule has 0 aromatic rings. The van der Waals surface area contributed by atoms with Gasteiger partial charge >= 0.3 is 0 Å². The standard InChI is InChI=1S/C13H14O4/c1-16-12-10(14)8-6-3-4-7(5-6)9(8)11(15)13(12)17-2/h3-4,6-9H,5H2,1-2H3. The van der Waals surface area contributed by atoms with Crippen molar-refractivity contribution in [3.8, 4) is 0 Å². The second kappa shape index (κ2) is 3.45. The van der Waals surface area contributed by atoms with Gasteiger partial charge in [0.25, 0.3) is 0 Å². The highest BCUT2D eigenvalue weighted by Crippen LogP contribution is 2.52. The normalized spacial score (nSPS) is 38.7. The fourth-order valence-corrected chi connectivity index (χ4v) is 3.45. The maximum atomic E-state index is 12.3. The molecule has 0 aromatic heterocycles. The molecule has 1 fully saturated rings. The summed E-state index contributed by atoms with van der Waals surface area (Å²) < 4.78 is 10.1. The molecule has 0 spiro atoms. The SMILES string of the molecule is COC1=C(OC)C(=O)C2C3C=CC(C3)C2C1=O. The van der Waals surface area contributed by atoms with Crippen molar-refractivity contribution in [2.24, 2.45) is 23.7 Å². The van der Waals surface area contributed by atoms with Gasteiger partial charge in [-0.15, -0.1) is 0 Å². The Bertz CT molecular complexity index is 420. The molecule has 3 aliphatic rings. The molecule has 4 heteroatoms. The van der Waals surface area contributed by atoms with Crippen LogP contribution in [0.1, 0.15) is 6.42 Å². The molecule has 0 amide bonds. The van der Waals surface area contributed by atoms with Crippen molar-refractivity contribution in [3.05, 3.63) is 23.7 Å². The minimum absolute atomic E-state index is 0.0780. The van der Waals surface area contributed by atoms with Gasteiger partial charge in [0.15, 0.2) is 0 Å². The number of hydrogen-bond acceptors (Lipinski definition) is 4. The Morgan fingerprint density at radius 1 is 0.941 bits per heavy atom. The Balaban J connectivity index is 2.10. The van der Waals surface area contributed by atoms with E-state index >= 15 is 0 Å². The zero-order valence-corrected chi connectivity index (χ0v) is 9.80. The van der Waals surface area contributed by atoms with Crippen LogP contribution in [-0.2, 0) is 19.1 Å². The summed E-state index contributed by atoms with van der Waals surface area (Å²) in [6, 6.07) is 0. The molecule has 0 saturated heterocycles. The zero-order valence-electron chi connectivity index (χ0n) is 9.80. The van der Waals surface area contributed by atoms with Gasteiger partial charge in [-0.1, -0.05) is 12.2 Å². The van der Waals surface area contributed by atoms with Crippen molar-refractivity contribution in [1.82, 2.24) is 0 Å². The van der Waals surface area contributed by atoms with Crippen LogP contribution >= 0.6 is 0 Å². The minimum atomic E-state index is -0.230. The fourth-order valence-electron chi connectivity index (χ4n) is 3.45. The predicted molar refractivity (Wildman–Crippen MR) is 58.8 cm³/mol. The quantitative estimate of drug-likeness (QED) is 0.671. The van der Waals surface area contributed by atoms with E-state index in [4.69, 9.17) is 9.47 Å². The summed E-state index contributed by atoms with van der Waals surface area (Å²) in [5, 5.41) is 0. The maximum absolute atomic E-state index is 12.3. The van der Waals surface area contributed by atoms with Crippen molar-refractivity contribution in [1.29, 1.82) is 0 Å². The number of methoxy groups -OCH3 is 2. The third-order valence-corrected chi connectivity index (χ3v) is 4.13. The van der Waals surface area contributed by atoms with Gasteiger partial charge in [-0.3, -0.25) is 9.59 Å². The molecule has 2 bridgehead atoms. The second-order valence-electron chi connectivity index (χ2n) is 4.79. The smallest absolute Gasteiger partial charge is 0.208 e. The van der Waals surface area contributed by atoms with Crippen LogP contribution < -0.4 is 0 Å². The second-order valence-corrected chi connectivity index (χ2v) is 4.79. The number of rotatable bonds is 2. The molecule has 3 rings (SSSR count). The third-order valence-electron chi connectivity index (χ3n) is 4.13. The van der Waals surface area contributed by atoms with Gasteiger partial charge in [0.2, 0.25) is 23.1 Å². The van der Waals surface area contributed by atoms with E-state index in [-0.39, 0.29) is 46.8 Å². The van der Waals surface area contributed by atoms with Crippen molar-refractivity contribution >= 4 is 11.6 Å². The molecule has 90 valence electrons. The van der Waals surface area contributed by atoms with E-state index in [0.29, 0.717) is 0 Å². The molecule has 4 nitrogen and oxygen atoms in total. The highest BCUT2D eigenvalue weighted by atomic mass is 16.5. The number of ether oxygens (including phenoxy) is 2. The molecule has 0 aliphatic heterocycles. The highest BCUT2D eigenvalue weighted by molar-refractivity contribution is 6.12. The van der Waals surface area contributed by atoms with Crippen LogP contribution in [0.4, 0.5) is 0 Å². The number of fused-ring (bicyclic) bond motifs is 5. The van der Waals surface area contributed by atoms with Crippen molar-refractivity contribution in [2.45, 2.75) is 6.42 Å². The number of carbonyl (C=O) groups excluding carboxylic acids is 2. The van der Waals surface area contributed by atoms with Crippen molar-refractivity contribution in [2.75, 3.05) is 14.2 Å². The molecule has 1 saturated carbocycles. The monoisotopic (exact) mass is 234 g/mol. The molecule has 4 unspecified atom stereocenters. The number of ketones is 2. The largest absolute Gasteiger partial charge is 0.490 e. The van der Waals surface area contributed by atoms with Crippen LogP contribution in [0.15, 0.2) is 23.7 Å². The summed E-state index contributed by atoms with van der Waals surface area (Å²) in [4.78, 5) is 24.6. The van der Waals surface area contributed by atoms with Gasteiger partial charge < -0.3 is 9.47 Å². The fraction of sp³-hybridized carbons (Fsp3) is 0.538. The average molecular weight is 234 g/mol. The van der Waals surface area contributed by atoms with Crippen LogP contribution in [-0.4, -0.2) is 25.8 Å². The van der Waals surface area contributed by atoms with Crippen molar-refractivity contribution in [3.63, 3.8) is 0 Å². The van der Waals surface area contributed by atoms with Gasteiger partial charge in [0, 0.05) is 11.8 Å². The number of carbonyl (C=O) groups is 2. The van der Waals surface area contributed by atoms with Crippen LogP contribution in [0.25, 0.3) is 0 Å². The summed E-state index contributed by atoms with van der Waals surface area (Å²) in [6.07, 6.45) is 5.02. The molecule has 0 heterocycles. The first-order chi connectivity index (χ1) is 8.19. The Labute approximate surface area is 99.3 Å². The molecule has 0 radical (unpaired) electrons. The topological polar surface area (TPSA) is 52.6 Å². The summed E-state index contributed by atoms with van der Waals surface area (Å²) in [5.74, 6) is -0.0243. The van der Waals surface area contributed by atoms with Crippen LogP contribution in [0.5, 0.6) is 0 Å². The van der Waals surface area contributed by atoms with Crippen LogP contribution in [0.3, 0.4) is 0 Å². The molecular weight excluding hydrogens is 220 g/mol. The molecule has 17 heavy (non-hydrogen) atoms. The minimum Gasteiger partial charge on any atom is -0.490 e. The van der Waals surface area contributed by atoms with Gasteiger partial charge in [0.05, 0.1) is 14.2 Å². The lowest BCUT2D eigenvalue weighted by atomic mass is 9.73. The molecule has 0 aromatic carbocycles. The van der Waals surface area contributed by atoms with Crippen LogP contribution in [0.2, 0.25) is 0 Å². The van der Waals surface area contributed by atoms with Gasteiger partial charge in [-0.2, -0.15) is 0 Å². The Morgan fingerprint density at radius 3 is 1.71 bits per heavy atom. The first-order valence-electron chi connectivity index (χ1n) is 5.78. The maximum Gasteiger partial charge on any atom is 0.208 e. The van der Waals surface area contributed by atoms with E-state index in [1.165, 1.54) is 14.2 Å². The number of allylic oxidation sites excluding steroid dienone is 4. The molecule has 3 aliphatic carbocycles. The lowest BCUT2D eigenvalue weighted by Gasteiger charge is -2.31. The Kier molecular flexibility index (Phi) is 2.15. The van der Waals surface area contributed by atoms with Gasteiger partial charge in [0.1, 0.15) is 0 Å². The van der Waals surface area contributed by atoms with Crippen molar-refractivity contribution < 1.29 is 19.1 Å². The first kappa shape index (κ1) is 10.6. The van der Waals surface area contributed by atoms with E-state index in [1.807, 2.05) is 0 Å². The zero-order chi connectivity index (χ0) is 12.2. The van der Waals surface area contributed by atoms with Gasteiger partial charge in [-0.25, -0.2) is 0 Å². The molecule has 4 atom stereocenters. The average Bonchev–Trinajstić information content (AvgIpc) is 2.93. The summed E-state index contributed by atoms with van der Waals surface area (Å²) >= 11 is 0. The van der Waals surface area contributed by atoms with E-state index in [0.717, 1.165) is 6.42 Å². The lowest BCUT2D eigenvalue weighted by molar-refractivity contribution is -0.136. The van der Waals surface area contributed by atoms with E-state index < -0.39 is 0 Å². The first-order valence-corrected chi connectivity index (χ1v) is 5.78. The Morgan fingerprint density at radius 2 is 1.35 bits per heavy atom.